The fourth-order valence-corrected chi connectivity index (χ4v) is 1.08. The van der Waals surface area contributed by atoms with Crippen LogP contribution in [-0.2, 0) is 6.18 Å². The van der Waals surface area contributed by atoms with Crippen molar-refractivity contribution in [2.75, 3.05) is 0 Å². The summed E-state index contributed by atoms with van der Waals surface area (Å²) in [5, 5.41) is 9.07. The Morgan fingerprint density at radius 2 is 2.00 bits per heavy atom. The number of nitrogens with one attached hydrogen (secondary N) is 1. The maximum Gasteiger partial charge on any atom is 0.431 e. The van der Waals surface area contributed by atoms with Gasteiger partial charge in [0.1, 0.15) is 17.7 Å². The molecule has 2 aromatic rings. The number of halogens is 3. The number of aromatic hydroxyl groups is 1. The van der Waals surface area contributed by atoms with E-state index in [1.54, 1.807) is 0 Å². The molecule has 0 atom stereocenters. The number of H-pyrrole nitrogens is 1. The lowest BCUT2D eigenvalue weighted by Gasteiger charge is -2.00. The van der Waals surface area contributed by atoms with Crippen LogP contribution in [0.3, 0.4) is 0 Å². The fraction of sp³-hybridized carbons (Fsp3) is 0.143. The quantitative estimate of drug-likeness (QED) is 0.684. The summed E-state index contributed by atoms with van der Waals surface area (Å²) < 4.78 is 36.6. The summed E-state index contributed by atoms with van der Waals surface area (Å²) in [6.45, 7) is 0. The Morgan fingerprint density at radius 3 is 2.57 bits per heavy atom. The van der Waals surface area contributed by atoms with Gasteiger partial charge in [-0.3, -0.25) is 0 Å². The van der Waals surface area contributed by atoms with Crippen LogP contribution in [0.1, 0.15) is 5.69 Å². The van der Waals surface area contributed by atoms with E-state index in [-0.39, 0.29) is 11.0 Å². The molecule has 0 saturated heterocycles. The van der Waals surface area contributed by atoms with Crippen LogP contribution in [0.25, 0.3) is 11.0 Å². The SMILES string of the molecule is Oc1ncnc2[nH]c(C(F)(F)F)cc12. The van der Waals surface area contributed by atoms with Crippen LogP contribution in [0.15, 0.2) is 12.4 Å². The van der Waals surface area contributed by atoms with Crippen LogP contribution in [0.5, 0.6) is 5.88 Å². The van der Waals surface area contributed by atoms with E-state index in [1.807, 2.05) is 4.98 Å². The van der Waals surface area contributed by atoms with Crippen molar-refractivity contribution in [3.63, 3.8) is 0 Å². The first kappa shape index (κ1) is 8.79. The van der Waals surface area contributed by atoms with Crippen LogP contribution >= 0.6 is 0 Å². The maximum absolute atomic E-state index is 12.2. The lowest BCUT2D eigenvalue weighted by atomic mass is 10.3. The number of hydrogen-bond donors (Lipinski definition) is 2. The van der Waals surface area contributed by atoms with E-state index in [0.717, 1.165) is 12.4 Å². The van der Waals surface area contributed by atoms with Gasteiger partial charge in [-0.25, -0.2) is 9.97 Å². The summed E-state index contributed by atoms with van der Waals surface area (Å²) in [5.74, 6) is -0.471. The lowest BCUT2D eigenvalue weighted by molar-refractivity contribution is -0.140. The lowest BCUT2D eigenvalue weighted by Crippen LogP contribution is -2.04. The molecule has 0 aliphatic heterocycles. The molecule has 2 rings (SSSR count). The van der Waals surface area contributed by atoms with Gasteiger partial charge in [0, 0.05) is 0 Å². The number of rotatable bonds is 0. The summed E-state index contributed by atoms with van der Waals surface area (Å²) in [7, 11) is 0. The Kier molecular flexibility index (Phi) is 1.63. The van der Waals surface area contributed by atoms with E-state index in [0.29, 0.717) is 0 Å². The Labute approximate surface area is 75.4 Å². The number of alkyl halides is 3. The highest BCUT2D eigenvalue weighted by atomic mass is 19.4. The van der Waals surface area contributed by atoms with Gasteiger partial charge < -0.3 is 10.1 Å². The highest BCUT2D eigenvalue weighted by molar-refractivity contribution is 5.81. The molecule has 4 nitrogen and oxygen atoms in total. The van der Waals surface area contributed by atoms with Crippen molar-refractivity contribution >= 4 is 11.0 Å². The predicted octanol–water partition coefficient (Wildman–Crippen LogP) is 1.68. The summed E-state index contributed by atoms with van der Waals surface area (Å²) in [4.78, 5) is 8.95. The van der Waals surface area contributed by atoms with Crippen molar-refractivity contribution in [2.24, 2.45) is 0 Å². The topological polar surface area (TPSA) is 61.8 Å². The minimum Gasteiger partial charge on any atom is -0.493 e. The average molecular weight is 203 g/mol. The van der Waals surface area contributed by atoms with Crippen LogP contribution in [0, 0.1) is 0 Å². The number of hydrogen-bond acceptors (Lipinski definition) is 3. The molecule has 0 aromatic carbocycles. The summed E-state index contributed by atoms with van der Waals surface area (Å²) in [5.41, 5.74) is -0.992. The zero-order valence-corrected chi connectivity index (χ0v) is 6.63. The smallest absolute Gasteiger partial charge is 0.431 e. The normalized spacial score (nSPS) is 12.2. The first-order valence-corrected chi connectivity index (χ1v) is 3.58. The second-order valence-corrected chi connectivity index (χ2v) is 2.64. The Bertz CT molecular complexity index is 476. The van der Waals surface area contributed by atoms with E-state index >= 15 is 0 Å². The molecule has 0 aliphatic carbocycles. The zero-order valence-electron chi connectivity index (χ0n) is 6.63. The first-order valence-electron chi connectivity index (χ1n) is 3.58. The number of nitrogens with zero attached hydrogens (tertiary/aromatic N) is 2. The molecule has 0 bridgehead atoms. The Hall–Kier alpha value is -1.79. The third-order valence-corrected chi connectivity index (χ3v) is 1.71. The van der Waals surface area contributed by atoms with Crippen molar-refractivity contribution < 1.29 is 18.3 Å². The number of fused-ring (bicyclic) bond motifs is 1. The van der Waals surface area contributed by atoms with Gasteiger partial charge >= 0.3 is 6.18 Å². The van der Waals surface area contributed by atoms with E-state index in [9.17, 15) is 13.2 Å². The van der Waals surface area contributed by atoms with Crippen molar-refractivity contribution in [2.45, 2.75) is 6.18 Å². The Balaban J connectivity index is 2.69. The average Bonchev–Trinajstić information content (AvgIpc) is 2.48. The fourth-order valence-electron chi connectivity index (χ4n) is 1.08. The minimum atomic E-state index is -4.48. The second-order valence-electron chi connectivity index (χ2n) is 2.64. The van der Waals surface area contributed by atoms with Gasteiger partial charge in [0.25, 0.3) is 0 Å². The molecule has 74 valence electrons. The third-order valence-electron chi connectivity index (χ3n) is 1.71. The molecule has 0 aliphatic rings. The summed E-state index contributed by atoms with van der Waals surface area (Å²) >= 11 is 0. The van der Waals surface area contributed by atoms with Gasteiger partial charge in [-0.15, -0.1) is 0 Å². The second kappa shape index (κ2) is 2.60. The van der Waals surface area contributed by atoms with Crippen molar-refractivity contribution in [1.82, 2.24) is 15.0 Å². The maximum atomic E-state index is 12.2. The van der Waals surface area contributed by atoms with E-state index in [4.69, 9.17) is 5.11 Å². The highest BCUT2D eigenvalue weighted by Gasteiger charge is 2.33. The van der Waals surface area contributed by atoms with Crippen LogP contribution in [0.4, 0.5) is 13.2 Å². The molecule has 0 radical (unpaired) electrons. The van der Waals surface area contributed by atoms with Gasteiger partial charge in [0.2, 0.25) is 5.88 Å². The molecule has 2 aromatic heterocycles. The van der Waals surface area contributed by atoms with Crippen molar-refractivity contribution in [3.05, 3.63) is 18.1 Å². The monoisotopic (exact) mass is 203 g/mol. The van der Waals surface area contributed by atoms with Gasteiger partial charge in [-0.1, -0.05) is 0 Å². The van der Waals surface area contributed by atoms with Crippen molar-refractivity contribution in [3.8, 4) is 5.88 Å². The first-order chi connectivity index (χ1) is 6.48. The third kappa shape index (κ3) is 1.26. The molecule has 7 heteroatoms. The molecule has 14 heavy (non-hydrogen) atoms. The number of aromatic amines is 1. The van der Waals surface area contributed by atoms with Gasteiger partial charge in [0.05, 0.1) is 5.39 Å². The molecule has 0 spiro atoms. The largest absolute Gasteiger partial charge is 0.493 e. The van der Waals surface area contributed by atoms with E-state index in [2.05, 4.69) is 9.97 Å². The van der Waals surface area contributed by atoms with E-state index < -0.39 is 17.8 Å². The molecule has 0 fully saturated rings. The standard InChI is InChI=1S/C7H4F3N3O/c8-7(9,10)4-1-3-5(13-4)11-2-12-6(3)14/h1-2H,(H2,11,12,13,14). The van der Waals surface area contributed by atoms with Crippen LogP contribution < -0.4 is 0 Å². The zero-order chi connectivity index (χ0) is 10.3. The molecular weight excluding hydrogens is 199 g/mol. The van der Waals surface area contributed by atoms with Crippen molar-refractivity contribution in [1.29, 1.82) is 0 Å². The predicted molar refractivity (Wildman–Crippen MR) is 40.6 cm³/mol. The van der Waals surface area contributed by atoms with Gasteiger partial charge in [-0.05, 0) is 6.07 Å². The van der Waals surface area contributed by atoms with E-state index in [1.165, 1.54) is 0 Å². The summed E-state index contributed by atoms with van der Waals surface area (Å²) in [6.07, 6.45) is -3.50. The molecule has 0 unspecified atom stereocenters. The van der Waals surface area contributed by atoms with Gasteiger partial charge in [-0.2, -0.15) is 13.2 Å². The highest BCUT2D eigenvalue weighted by Crippen LogP contribution is 2.32. The minimum absolute atomic E-state index is 0.0372. The van der Waals surface area contributed by atoms with Crippen LogP contribution in [-0.4, -0.2) is 20.1 Å². The Morgan fingerprint density at radius 1 is 1.29 bits per heavy atom. The number of aromatic nitrogens is 3. The molecule has 0 amide bonds. The van der Waals surface area contributed by atoms with Crippen LogP contribution in [0.2, 0.25) is 0 Å². The molecule has 2 N–H and O–H groups in total. The molecule has 0 saturated carbocycles. The summed E-state index contributed by atoms with van der Waals surface area (Å²) in [6, 6.07) is 0.769. The van der Waals surface area contributed by atoms with Gasteiger partial charge in [0.15, 0.2) is 0 Å². The molecule has 2 heterocycles. The molecular formula is C7H4F3N3O.